The van der Waals surface area contributed by atoms with E-state index >= 15 is 0 Å². The van der Waals surface area contributed by atoms with E-state index in [4.69, 9.17) is 37.4 Å². The summed E-state index contributed by atoms with van der Waals surface area (Å²) < 4.78 is 18.1. The smallest absolute Gasteiger partial charge is 0.205 e. The van der Waals surface area contributed by atoms with E-state index < -0.39 is 5.79 Å². The van der Waals surface area contributed by atoms with Crippen LogP contribution in [-0.2, 0) is 15.3 Å². The summed E-state index contributed by atoms with van der Waals surface area (Å²) in [5, 5.41) is 1.80. The van der Waals surface area contributed by atoms with E-state index in [2.05, 4.69) is 15.9 Å². The summed E-state index contributed by atoms with van der Waals surface area (Å²) in [4.78, 5) is 0. The quantitative estimate of drug-likeness (QED) is 0.556. The van der Waals surface area contributed by atoms with Crippen LogP contribution < -0.4 is 4.74 Å². The second kappa shape index (κ2) is 7.85. The van der Waals surface area contributed by atoms with Gasteiger partial charge in [0.1, 0.15) is 18.5 Å². The fraction of sp³-hybridized carbons (Fsp3) is 0.368. The molecule has 1 aliphatic heterocycles. The maximum Gasteiger partial charge on any atom is 0.205 e. The van der Waals surface area contributed by atoms with E-state index in [0.717, 1.165) is 16.7 Å². The topological polar surface area (TPSA) is 27.7 Å². The zero-order chi connectivity index (χ0) is 18.0. The molecule has 0 spiro atoms. The van der Waals surface area contributed by atoms with Crippen molar-refractivity contribution in [3.8, 4) is 5.75 Å². The van der Waals surface area contributed by atoms with E-state index in [0.29, 0.717) is 34.3 Å². The molecule has 0 bridgehead atoms. The van der Waals surface area contributed by atoms with Crippen LogP contribution in [0.25, 0.3) is 0 Å². The minimum Gasteiger partial charge on any atom is -0.489 e. The molecule has 6 heteroatoms. The van der Waals surface area contributed by atoms with Crippen molar-refractivity contribution in [3.63, 3.8) is 0 Å². The van der Waals surface area contributed by atoms with Gasteiger partial charge in [-0.15, -0.1) is 0 Å². The lowest BCUT2D eigenvalue weighted by molar-refractivity contribution is -0.159. The molecule has 0 radical (unpaired) electrons. The normalized spacial score (nSPS) is 23.0. The van der Waals surface area contributed by atoms with Crippen molar-refractivity contribution in [2.24, 2.45) is 0 Å². The number of ether oxygens (including phenoxy) is 3. The van der Waals surface area contributed by atoms with Crippen LogP contribution in [0.4, 0.5) is 0 Å². The van der Waals surface area contributed by atoms with Crippen LogP contribution in [-0.4, -0.2) is 24.6 Å². The van der Waals surface area contributed by atoms with Gasteiger partial charge in [0.25, 0.3) is 0 Å². The summed E-state index contributed by atoms with van der Waals surface area (Å²) in [5.74, 6) is -0.135. The van der Waals surface area contributed by atoms with Crippen LogP contribution >= 0.6 is 39.1 Å². The molecule has 25 heavy (non-hydrogen) atoms. The first-order chi connectivity index (χ1) is 11.9. The fourth-order valence-electron chi connectivity index (χ4n) is 2.91. The number of hydrogen-bond donors (Lipinski definition) is 0. The van der Waals surface area contributed by atoms with E-state index in [1.54, 1.807) is 0 Å². The van der Waals surface area contributed by atoms with Gasteiger partial charge in [-0.1, -0.05) is 57.3 Å². The van der Waals surface area contributed by atoms with Crippen LogP contribution in [0.3, 0.4) is 0 Å². The Kier molecular flexibility index (Phi) is 5.96. The third kappa shape index (κ3) is 4.15. The zero-order valence-electron chi connectivity index (χ0n) is 14.0. The first-order valence-corrected chi connectivity index (χ1v) is 9.84. The number of hydrogen-bond acceptors (Lipinski definition) is 3. The van der Waals surface area contributed by atoms with Crippen molar-refractivity contribution >= 4 is 39.1 Å². The molecule has 134 valence electrons. The van der Waals surface area contributed by atoms with Crippen molar-refractivity contribution in [2.45, 2.75) is 25.7 Å². The monoisotopic (exact) mass is 444 g/mol. The molecule has 2 atom stereocenters. The van der Waals surface area contributed by atoms with Crippen LogP contribution in [0.15, 0.2) is 36.4 Å². The van der Waals surface area contributed by atoms with Gasteiger partial charge in [0.2, 0.25) is 5.79 Å². The third-order valence-corrected chi connectivity index (χ3v) is 5.38. The second-order valence-corrected chi connectivity index (χ2v) is 7.55. The average molecular weight is 446 g/mol. The molecule has 1 fully saturated rings. The molecule has 2 aromatic carbocycles. The number of aryl methyl sites for hydroxylation is 2. The summed E-state index contributed by atoms with van der Waals surface area (Å²) in [6, 6.07) is 11.4. The van der Waals surface area contributed by atoms with Gasteiger partial charge in [-0.25, -0.2) is 0 Å². The van der Waals surface area contributed by atoms with Crippen molar-refractivity contribution < 1.29 is 14.2 Å². The van der Waals surface area contributed by atoms with Crippen LogP contribution in [0.1, 0.15) is 16.7 Å². The molecule has 0 N–H and O–H groups in total. The van der Waals surface area contributed by atoms with Crippen LogP contribution in [0.2, 0.25) is 10.0 Å². The fourth-order valence-corrected chi connectivity index (χ4v) is 4.03. The average Bonchev–Trinajstić information content (AvgIpc) is 2.99. The molecule has 0 aromatic heterocycles. The lowest BCUT2D eigenvalue weighted by Crippen LogP contribution is -2.31. The SMILES string of the molecule is Cc1cc(C)c(OCC2COC(CBr)(c3ccc(Cl)cc3)O2)c(Cl)c1. The molecular formula is C19H19BrCl2O3. The highest BCUT2D eigenvalue weighted by Gasteiger charge is 2.42. The molecule has 0 amide bonds. The van der Waals surface area contributed by atoms with Gasteiger partial charge in [0, 0.05) is 10.6 Å². The Labute approximate surface area is 166 Å². The first-order valence-electron chi connectivity index (χ1n) is 7.97. The summed E-state index contributed by atoms with van der Waals surface area (Å²) in [7, 11) is 0. The van der Waals surface area contributed by atoms with Gasteiger partial charge in [-0.05, 0) is 43.2 Å². The maximum atomic E-state index is 6.30. The van der Waals surface area contributed by atoms with E-state index in [1.165, 1.54) is 0 Å². The van der Waals surface area contributed by atoms with Gasteiger partial charge in [-0.2, -0.15) is 0 Å². The predicted molar refractivity (Wildman–Crippen MR) is 104 cm³/mol. The molecule has 1 saturated heterocycles. The minimum absolute atomic E-state index is 0.190. The van der Waals surface area contributed by atoms with Crippen LogP contribution in [0, 0.1) is 13.8 Å². The highest BCUT2D eigenvalue weighted by atomic mass is 79.9. The Morgan fingerprint density at radius 2 is 1.92 bits per heavy atom. The zero-order valence-corrected chi connectivity index (χ0v) is 17.1. The Bertz CT molecular complexity index is 728. The van der Waals surface area contributed by atoms with E-state index in [-0.39, 0.29) is 6.10 Å². The van der Waals surface area contributed by atoms with Gasteiger partial charge in [0.15, 0.2) is 0 Å². The molecule has 2 aromatic rings. The molecular weight excluding hydrogens is 427 g/mol. The van der Waals surface area contributed by atoms with Crippen molar-refractivity contribution in [1.82, 2.24) is 0 Å². The highest BCUT2D eigenvalue weighted by molar-refractivity contribution is 9.09. The Hall–Kier alpha value is -0.780. The van der Waals surface area contributed by atoms with Gasteiger partial charge >= 0.3 is 0 Å². The number of rotatable bonds is 5. The van der Waals surface area contributed by atoms with Gasteiger partial charge in [0.05, 0.1) is 17.0 Å². The second-order valence-electron chi connectivity index (χ2n) is 6.15. The van der Waals surface area contributed by atoms with E-state index in [9.17, 15) is 0 Å². The van der Waals surface area contributed by atoms with Crippen LogP contribution in [0.5, 0.6) is 5.75 Å². The largest absolute Gasteiger partial charge is 0.489 e. The molecule has 0 aliphatic carbocycles. The van der Waals surface area contributed by atoms with E-state index in [1.807, 2.05) is 50.2 Å². The summed E-state index contributed by atoms with van der Waals surface area (Å²) in [6.45, 7) is 4.80. The molecule has 0 saturated carbocycles. The maximum absolute atomic E-state index is 6.30. The summed E-state index contributed by atoms with van der Waals surface area (Å²) in [5.41, 5.74) is 3.03. The van der Waals surface area contributed by atoms with Crippen molar-refractivity contribution in [1.29, 1.82) is 0 Å². The first kappa shape index (κ1) is 19.0. The Balaban J connectivity index is 1.69. The Morgan fingerprint density at radius 3 is 2.56 bits per heavy atom. The predicted octanol–water partition coefficient (Wildman–Crippen LogP) is 5.65. The Morgan fingerprint density at radius 1 is 1.20 bits per heavy atom. The lowest BCUT2D eigenvalue weighted by atomic mass is 10.1. The summed E-state index contributed by atoms with van der Waals surface area (Å²) >= 11 is 15.8. The third-order valence-electron chi connectivity index (χ3n) is 4.11. The molecule has 1 aliphatic rings. The number of alkyl halides is 1. The molecule has 1 heterocycles. The standard InChI is InChI=1S/C19H19BrCl2O3/c1-12-7-13(2)18(17(22)8-12)23-9-16-10-24-19(11-20,25-16)14-3-5-15(21)6-4-14/h3-8,16H,9-11H2,1-2H3. The van der Waals surface area contributed by atoms with Gasteiger partial charge < -0.3 is 14.2 Å². The number of benzene rings is 2. The highest BCUT2D eigenvalue weighted by Crippen LogP contribution is 2.37. The van der Waals surface area contributed by atoms with Crippen molar-refractivity contribution in [3.05, 3.63) is 63.1 Å². The van der Waals surface area contributed by atoms with Crippen molar-refractivity contribution in [2.75, 3.05) is 18.5 Å². The minimum atomic E-state index is -0.829. The number of halogens is 3. The summed E-state index contributed by atoms with van der Waals surface area (Å²) in [6.07, 6.45) is -0.190. The molecule has 3 rings (SSSR count). The van der Waals surface area contributed by atoms with Gasteiger partial charge in [-0.3, -0.25) is 0 Å². The lowest BCUT2D eigenvalue weighted by Gasteiger charge is -2.26. The molecule has 2 unspecified atom stereocenters. The molecule has 3 nitrogen and oxygen atoms in total.